The molecule has 2 N–H and O–H groups in total. The van der Waals surface area contributed by atoms with E-state index in [1.54, 1.807) is 0 Å². The van der Waals surface area contributed by atoms with Gasteiger partial charge in [-0.3, -0.25) is 14.6 Å². The zero-order chi connectivity index (χ0) is 16.8. The van der Waals surface area contributed by atoms with Gasteiger partial charge in [-0.2, -0.15) is 0 Å². The summed E-state index contributed by atoms with van der Waals surface area (Å²) in [6, 6.07) is 0.824. The summed E-state index contributed by atoms with van der Waals surface area (Å²) >= 11 is 0. The second kappa shape index (κ2) is 9.16. The van der Waals surface area contributed by atoms with Crippen LogP contribution in [-0.4, -0.2) is 72.2 Å². The second-order valence-corrected chi connectivity index (χ2v) is 8.05. The maximum atomic E-state index is 12.3. The molecule has 1 saturated carbocycles. The first-order valence-electron chi connectivity index (χ1n) is 10.1. The average Bonchev–Trinajstić information content (AvgIpc) is 3.24. The first kappa shape index (κ1) is 18.2. The third-order valence-electron chi connectivity index (χ3n) is 6.31. The SMILES string of the molecule is O=C(CN1CCCC1CN1CCCC1CO)NCC1CCCCC1. The average molecular weight is 338 g/mol. The zero-order valence-corrected chi connectivity index (χ0v) is 15.1. The number of nitrogens with one attached hydrogen (secondary N) is 1. The molecule has 3 aliphatic rings. The molecule has 3 fully saturated rings. The van der Waals surface area contributed by atoms with Crippen LogP contribution in [0.4, 0.5) is 0 Å². The number of aliphatic hydroxyl groups is 1. The van der Waals surface area contributed by atoms with Crippen LogP contribution in [0.15, 0.2) is 0 Å². The molecule has 0 bridgehead atoms. The van der Waals surface area contributed by atoms with E-state index >= 15 is 0 Å². The Hall–Kier alpha value is -0.650. The molecule has 1 amide bonds. The molecule has 0 radical (unpaired) electrons. The molecule has 2 aliphatic heterocycles. The smallest absolute Gasteiger partial charge is 0.234 e. The Morgan fingerprint density at radius 1 is 0.917 bits per heavy atom. The summed E-state index contributed by atoms with van der Waals surface area (Å²) in [5.74, 6) is 0.902. The van der Waals surface area contributed by atoms with Crippen molar-refractivity contribution in [3.8, 4) is 0 Å². The van der Waals surface area contributed by atoms with Crippen molar-refractivity contribution in [1.82, 2.24) is 15.1 Å². The molecule has 5 heteroatoms. The Morgan fingerprint density at radius 3 is 2.38 bits per heavy atom. The molecule has 2 unspecified atom stereocenters. The van der Waals surface area contributed by atoms with Gasteiger partial charge in [0.25, 0.3) is 0 Å². The van der Waals surface area contributed by atoms with Crippen LogP contribution < -0.4 is 5.32 Å². The van der Waals surface area contributed by atoms with E-state index in [1.165, 1.54) is 51.4 Å². The van der Waals surface area contributed by atoms with Crippen molar-refractivity contribution >= 4 is 5.91 Å². The maximum absolute atomic E-state index is 12.3. The van der Waals surface area contributed by atoms with Gasteiger partial charge in [-0.05, 0) is 57.5 Å². The van der Waals surface area contributed by atoms with Crippen LogP contribution in [0.1, 0.15) is 57.8 Å². The third kappa shape index (κ3) is 4.93. The van der Waals surface area contributed by atoms with E-state index < -0.39 is 0 Å². The molecule has 1 aliphatic carbocycles. The summed E-state index contributed by atoms with van der Waals surface area (Å²) in [6.07, 6.45) is 11.3. The summed E-state index contributed by atoms with van der Waals surface area (Å²) in [6.45, 7) is 4.85. The minimum atomic E-state index is 0.201. The number of likely N-dealkylation sites (tertiary alicyclic amines) is 2. The third-order valence-corrected chi connectivity index (χ3v) is 6.31. The predicted molar refractivity (Wildman–Crippen MR) is 95.9 cm³/mol. The van der Waals surface area contributed by atoms with E-state index in [0.717, 1.165) is 32.6 Å². The van der Waals surface area contributed by atoms with E-state index in [2.05, 4.69) is 15.1 Å². The van der Waals surface area contributed by atoms with Gasteiger partial charge in [0.05, 0.1) is 13.2 Å². The summed E-state index contributed by atoms with van der Waals surface area (Å²) in [4.78, 5) is 17.1. The monoisotopic (exact) mass is 337 g/mol. The fourth-order valence-electron chi connectivity index (χ4n) is 4.81. The summed E-state index contributed by atoms with van der Waals surface area (Å²) in [5.41, 5.74) is 0. The molecule has 138 valence electrons. The van der Waals surface area contributed by atoms with Crippen LogP contribution in [0.25, 0.3) is 0 Å². The number of rotatable bonds is 7. The topological polar surface area (TPSA) is 55.8 Å². The fourth-order valence-corrected chi connectivity index (χ4v) is 4.81. The molecule has 2 heterocycles. The van der Waals surface area contributed by atoms with E-state index in [4.69, 9.17) is 0 Å². The quantitative estimate of drug-likeness (QED) is 0.741. The highest BCUT2D eigenvalue weighted by Gasteiger charge is 2.32. The van der Waals surface area contributed by atoms with Gasteiger partial charge in [-0.1, -0.05) is 19.3 Å². The Kier molecular flexibility index (Phi) is 6.93. The van der Waals surface area contributed by atoms with Gasteiger partial charge in [0.1, 0.15) is 0 Å². The highest BCUT2D eigenvalue weighted by molar-refractivity contribution is 5.78. The Morgan fingerprint density at radius 2 is 1.62 bits per heavy atom. The van der Waals surface area contributed by atoms with Gasteiger partial charge in [-0.25, -0.2) is 0 Å². The first-order valence-corrected chi connectivity index (χ1v) is 10.1. The Bertz CT molecular complexity index is 398. The Labute approximate surface area is 146 Å². The lowest BCUT2D eigenvalue weighted by molar-refractivity contribution is -0.122. The summed E-state index contributed by atoms with van der Waals surface area (Å²) in [7, 11) is 0. The largest absolute Gasteiger partial charge is 0.395 e. The van der Waals surface area contributed by atoms with Crippen LogP contribution in [0.2, 0.25) is 0 Å². The molecule has 0 aromatic heterocycles. The van der Waals surface area contributed by atoms with Crippen LogP contribution in [0, 0.1) is 5.92 Å². The summed E-state index contributed by atoms with van der Waals surface area (Å²) < 4.78 is 0. The number of amides is 1. The van der Waals surface area contributed by atoms with Crippen LogP contribution in [0.5, 0.6) is 0 Å². The van der Waals surface area contributed by atoms with Crippen molar-refractivity contribution in [3.63, 3.8) is 0 Å². The van der Waals surface area contributed by atoms with Gasteiger partial charge in [0.2, 0.25) is 5.91 Å². The molecule has 0 aromatic carbocycles. The summed E-state index contributed by atoms with van der Waals surface area (Å²) in [5, 5.41) is 12.7. The van der Waals surface area contributed by atoms with Crippen molar-refractivity contribution < 1.29 is 9.90 Å². The lowest BCUT2D eigenvalue weighted by Gasteiger charge is -2.31. The molecule has 0 aromatic rings. The highest BCUT2D eigenvalue weighted by Crippen LogP contribution is 2.24. The van der Waals surface area contributed by atoms with Gasteiger partial charge in [0, 0.05) is 25.2 Å². The zero-order valence-electron chi connectivity index (χ0n) is 15.1. The normalized spacial score (nSPS) is 30.0. The molecule has 24 heavy (non-hydrogen) atoms. The van der Waals surface area contributed by atoms with E-state index in [0.29, 0.717) is 24.5 Å². The molecule has 3 rings (SSSR count). The van der Waals surface area contributed by atoms with Gasteiger partial charge < -0.3 is 10.4 Å². The van der Waals surface area contributed by atoms with Crippen LogP contribution in [-0.2, 0) is 4.79 Å². The molecule has 2 saturated heterocycles. The van der Waals surface area contributed by atoms with Gasteiger partial charge >= 0.3 is 0 Å². The second-order valence-electron chi connectivity index (χ2n) is 8.05. The van der Waals surface area contributed by atoms with Crippen molar-refractivity contribution in [2.24, 2.45) is 5.92 Å². The van der Waals surface area contributed by atoms with Crippen LogP contribution in [0.3, 0.4) is 0 Å². The van der Waals surface area contributed by atoms with E-state index in [9.17, 15) is 9.90 Å². The van der Waals surface area contributed by atoms with Crippen LogP contribution >= 0.6 is 0 Å². The number of aliphatic hydroxyl groups excluding tert-OH is 1. The van der Waals surface area contributed by atoms with Crippen molar-refractivity contribution in [3.05, 3.63) is 0 Å². The fraction of sp³-hybridized carbons (Fsp3) is 0.947. The molecular weight excluding hydrogens is 302 g/mol. The number of carbonyl (C=O) groups is 1. The van der Waals surface area contributed by atoms with E-state index in [1.807, 2.05) is 0 Å². The lowest BCUT2D eigenvalue weighted by atomic mass is 9.89. The number of carbonyl (C=O) groups excluding carboxylic acids is 1. The first-order chi connectivity index (χ1) is 11.8. The predicted octanol–water partition coefficient (Wildman–Crippen LogP) is 1.60. The minimum Gasteiger partial charge on any atom is -0.395 e. The lowest BCUT2D eigenvalue weighted by Crippen LogP contribution is -2.47. The van der Waals surface area contributed by atoms with Crippen molar-refractivity contribution in [1.29, 1.82) is 0 Å². The van der Waals surface area contributed by atoms with Crippen molar-refractivity contribution in [2.75, 3.05) is 39.3 Å². The number of nitrogens with zero attached hydrogens (tertiary/aromatic N) is 2. The van der Waals surface area contributed by atoms with E-state index in [-0.39, 0.29) is 12.5 Å². The van der Waals surface area contributed by atoms with Crippen molar-refractivity contribution in [2.45, 2.75) is 69.9 Å². The molecule has 2 atom stereocenters. The molecule has 0 spiro atoms. The minimum absolute atomic E-state index is 0.201. The van der Waals surface area contributed by atoms with Gasteiger partial charge in [-0.15, -0.1) is 0 Å². The molecule has 5 nitrogen and oxygen atoms in total. The van der Waals surface area contributed by atoms with Gasteiger partial charge in [0.15, 0.2) is 0 Å². The maximum Gasteiger partial charge on any atom is 0.234 e. The highest BCUT2D eigenvalue weighted by atomic mass is 16.3. The molecular formula is C19H35N3O2. The standard InChI is InChI=1S/C19H35N3O2/c23-15-18-9-5-10-21(18)13-17-8-4-11-22(17)14-19(24)20-12-16-6-2-1-3-7-16/h16-18,23H,1-15H2,(H,20,24). The Balaban J connectivity index is 1.40. The number of hydrogen-bond acceptors (Lipinski definition) is 4. The number of hydrogen-bond donors (Lipinski definition) is 2.